The second-order valence-electron chi connectivity index (χ2n) is 10.1. The van der Waals surface area contributed by atoms with Crippen molar-refractivity contribution >= 4 is 52.1 Å². The summed E-state index contributed by atoms with van der Waals surface area (Å²) in [6.07, 6.45) is 0. The molecule has 0 amide bonds. The van der Waals surface area contributed by atoms with Crippen LogP contribution in [-0.4, -0.2) is 17.7 Å². The normalized spacial score (nSPS) is 27.2. The minimum atomic E-state index is -1.48. The van der Waals surface area contributed by atoms with Crippen LogP contribution in [0.2, 0.25) is 10.0 Å². The molecule has 2 bridgehead atoms. The number of rotatable bonds is 4. The van der Waals surface area contributed by atoms with Crippen molar-refractivity contribution in [2.24, 2.45) is 11.8 Å². The number of ketones is 1. The number of Topliss-reactive ketones (excluding diaryl/α,β-unsaturated/α-hetero) is 1. The summed E-state index contributed by atoms with van der Waals surface area (Å²) in [6.45, 7) is 0. The predicted octanol–water partition coefficient (Wildman–Crippen LogP) is 6.69. The number of fused-ring (bicyclic) bond motifs is 5. The van der Waals surface area contributed by atoms with Gasteiger partial charge in [0.2, 0.25) is 0 Å². The molecule has 1 saturated carbocycles. The molecule has 0 unspecified atom stereocenters. The third kappa shape index (κ3) is 2.99. The Hall–Kier alpha value is -3.99. The van der Waals surface area contributed by atoms with Crippen molar-refractivity contribution in [3.8, 4) is 0 Å². The third-order valence-electron chi connectivity index (χ3n) is 8.45. The fourth-order valence-corrected chi connectivity index (χ4v) is 7.42. The van der Waals surface area contributed by atoms with E-state index in [1.165, 1.54) is 0 Å². The van der Waals surface area contributed by atoms with Crippen LogP contribution in [0.15, 0.2) is 109 Å². The highest BCUT2D eigenvalue weighted by Crippen LogP contribution is 2.74. The highest BCUT2D eigenvalue weighted by Gasteiger charge is 2.82. The van der Waals surface area contributed by atoms with Crippen LogP contribution in [0.1, 0.15) is 22.3 Å². The second kappa shape index (κ2) is 8.51. The minimum absolute atomic E-state index is 0.225. The van der Waals surface area contributed by atoms with Gasteiger partial charge in [-0.05, 0) is 57.7 Å². The maximum atomic E-state index is 15.4. The van der Waals surface area contributed by atoms with Crippen LogP contribution in [0.3, 0.4) is 0 Å². The van der Waals surface area contributed by atoms with E-state index in [2.05, 4.69) is 0 Å². The van der Waals surface area contributed by atoms with Crippen molar-refractivity contribution in [2.45, 2.75) is 10.8 Å². The van der Waals surface area contributed by atoms with E-state index in [9.17, 15) is 9.59 Å². The summed E-state index contributed by atoms with van der Waals surface area (Å²) in [5.74, 6) is -3.69. The number of benzene rings is 4. The Balaban J connectivity index is 1.72. The van der Waals surface area contributed by atoms with E-state index in [0.717, 1.165) is 11.1 Å². The van der Waals surface area contributed by atoms with E-state index in [-0.39, 0.29) is 5.78 Å². The Morgan fingerprint density at radius 3 is 1.23 bits per heavy atom. The molecule has 0 spiro atoms. The van der Waals surface area contributed by atoms with E-state index in [1.54, 1.807) is 48.5 Å². The third-order valence-corrected chi connectivity index (χ3v) is 8.96. The first-order valence-corrected chi connectivity index (χ1v) is 13.4. The van der Waals surface area contributed by atoms with Crippen LogP contribution < -0.4 is 0 Å². The topological polar surface area (TPSA) is 60.4 Å². The SMILES string of the molecule is O=C1OC(=O)[C@H]2[C@@H]1[C@]1(c3ccc(Cl)cc3)C(=O)[C@]2(c2ccc(Cl)cc2)C(c2ccccc2)=C1c1ccccc1. The van der Waals surface area contributed by atoms with Gasteiger partial charge in [-0.15, -0.1) is 0 Å². The fourth-order valence-electron chi connectivity index (χ4n) is 7.17. The smallest absolute Gasteiger partial charge is 0.319 e. The number of halogens is 2. The molecular weight excluding hydrogens is 531 g/mol. The van der Waals surface area contributed by atoms with Crippen molar-refractivity contribution in [1.82, 2.24) is 0 Å². The molecule has 39 heavy (non-hydrogen) atoms. The Labute approximate surface area is 234 Å². The van der Waals surface area contributed by atoms with Crippen molar-refractivity contribution in [2.75, 3.05) is 0 Å². The highest BCUT2D eigenvalue weighted by atomic mass is 35.5. The fraction of sp³-hybridized carbons (Fsp3) is 0.121. The molecular formula is C33H20Cl2O4. The van der Waals surface area contributed by atoms with Gasteiger partial charge in [-0.3, -0.25) is 14.4 Å². The van der Waals surface area contributed by atoms with Crippen molar-refractivity contribution in [3.63, 3.8) is 0 Å². The maximum absolute atomic E-state index is 15.4. The first-order chi connectivity index (χ1) is 18.9. The van der Waals surface area contributed by atoms with Gasteiger partial charge in [0.15, 0.2) is 5.78 Å². The molecule has 6 heteroatoms. The van der Waals surface area contributed by atoms with Crippen LogP contribution in [0.5, 0.6) is 0 Å². The molecule has 1 aliphatic heterocycles. The number of ether oxygens (including phenoxy) is 1. The Morgan fingerprint density at radius 1 is 0.513 bits per heavy atom. The first-order valence-electron chi connectivity index (χ1n) is 12.6. The van der Waals surface area contributed by atoms with Crippen molar-refractivity contribution in [3.05, 3.63) is 141 Å². The van der Waals surface area contributed by atoms with E-state index >= 15 is 4.79 Å². The Kier molecular flexibility index (Phi) is 5.25. The highest BCUT2D eigenvalue weighted by molar-refractivity contribution is 6.35. The van der Waals surface area contributed by atoms with Crippen molar-refractivity contribution in [1.29, 1.82) is 0 Å². The zero-order valence-electron chi connectivity index (χ0n) is 20.4. The molecule has 0 N–H and O–H groups in total. The average Bonchev–Trinajstić information content (AvgIpc) is 3.49. The first kappa shape index (κ1) is 24.1. The molecule has 3 aliphatic rings. The molecule has 2 aliphatic carbocycles. The van der Waals surface area contributed by atoms with E-state index < -0.39 is 34.6 Å². The molecule has 4 nitrogen and oxygen atoms in total. The summed E-state index contributed by atoms with van der Waals surface area (Å²) in [5, 5.41) is 0.996. The van der Waals surface area contributed by atoms with Gasteiger partial charge in [0.05, 0.1) is 22.7 Å². The number of hydrogen-bond donors (Lipinski definition) is 0. The Bertz CT molecular complexity index is 1570. The predicted molar refractivity (Wildman–Crippen MR) is 149 cm³/mol. The zero-order chi connectivity index (χ0) is 26.9. The monoisotopic (exact) mass is 550 g/mol. The lowest BCUT2D eigenvalue weighted by molar-refractivity contribution is -0.156. The summed E-state index contributed by atoms with van der Waals surface area (Å²) in [4.78, 5) is 42.6. The summed E-state index contributed by atoms with van der Waals surface area (Å²) < 4.78 is 5.36. The van der Waals surface area contributed by atoms with E-state index in [4.69, 9.17) is 27.9 Å². The largest absolute Gasteiger partial charge is 0.393 e. The molecule has 1 saturated heterocycles. The lowest BCUT2D eigenvalue weighted by atomic mass is 9.59. The molecule has 4 aromatic carbocycles. The molecule has 4 atom stereocenters. The molecule has 7 rings (SSSR count). The standard InChI is InChI=1S/C33H20Cl2O4/c34-23-15-11-21(12-16-23)32-25(19-7-3-1-4-8-19)26(20-9-5-2-6-10-20)33(31(32)38,22-13-17-24(35)18-14-22)28-27(32)29(36)39-30(28)37/h1-18,27-28H/t27-,28+,32-,33-/m1/s1. The van der Waals surface area contributed by atoms with E-state index in [1.807, 2.05) is 60.7 Å². The number of cyclic esters (lactones) is 2. The molecule has 4 aromatic rings. The summed E-state index contributed by atoms with van der Waals surface area (Å²) in [5.41, 5.74) is 1.21. The lowest BCUT2D eigenvalue weighted by Gasteiger charge is -2.38. The molecule has 2 fully saturated rings. The van der Waals surface area contributed by atoms with Gasteiger partial charge < -0.3 is 4.74 Å². The van der Waals surface area contributed by atoms with Crippen LogP contribution in [0.4, 0.5) is 0 Å². The van der Waals surface area contributed by atoms with Crippen LogP contribution in [-0.2, 0) is 30.0 Å². The van der Waals surface area contributed by atoms with Gasteiger partial charge in [-0.1, -0.05) is 108 Å². The number of allylic oxidation sites excluding steroid dienone is 2. The molecule has 0 aromatic heterocycles. The van der Waals surface area contributed by atoms with Gasteiger partial charge in [0.25, 0.3) is 0 Å². The number of hydrogen-bond acceptors (Lipinski definition) is 4. The maximum Gasteiger partial charge on any atom is 0.319 e. The molecule has 190 valence electrons. The second-order valence-corrected chi connectivity index (χ2v) is 11.0. The molecule has 0 radical (unpaired) electrons. The van der Waals surface area contributed by atoms with Crippen molar-refractivity contribution < 1.29 is 19.1 Å². The Morgan fingerprint density at radius 2 is 0.872 bits per heavy atom. The van der Waals surface area contributed by atoms with Crippen LogP contribution in [0, 0.1) is 11.8 Å². The number of carbonyl (C=O) groups excluding carboxylic acids is 3. The minimum Gasteiger partial charge on any atom is -0.393 e. The van der Waals surface area contributed by atoms with Crippen LogP contribution in [0.25, 0.3) is 11.1 Å². The van der Waals surface area contributed by atoms with Gasteiger partial charge >= 0.3 is 11.9 Å². The van der Waals surface area contributed by atoms with Gasteiger partial charge in [0.1, 0.15) is 0 Å². The lowest BCUT2D eigenvalue weighted by Crippen LogP contribution is -2.41. The summed E-state index contributed by atoms with van der Waals surface area (Å²) in [7, 11) is 0. The van der Waals surface area contributed by atoms with E-state index in [0.29, 0.717) is 32.3 Å². The van der Waals surface area contributed by atoms with Gasteiger partial charge in [-0.25, -0.2) is 0 Å². The van der Waals surface area contributed by atoms with Crippen LogP contribution >= 0.6 is 23.2 Å². The summed E-state index contributed by atoms with van der Waals surface area (Å²) >= 11 is 12.6. The molecule has 1 heterocycles. The average molecular weight is 551 g/mol. The summed E-state index contributed by atoms with van der Waals surface area (Å²) in [6, 6.07) is 33.1. The van der Waals surface area contributed by atoms with Gasteiger partial charge in [0, 0.05) is 10.0 Å². The zero-order valence-corrected chi connectivity index (χ0v) is 21.9. The number of esters is 2. The quantitative estimate of drug-likeness (QED) is 0.210. The number of carbonyl (C=O) groups is 3. The van der Waals surface area contributed by atoms with Gasteiger partial charge in [-0.2, -0.15) is 0 Å².